The number of piperidine rings is 1. The Labute approximate surface area is 99.4 Å². The summed E-state index contributed by atoms with van der Waals surface area (Å²) in [4.78, 5) is 14.0. The topological polar surface area (TPSA) is 46.3 Å². The van der Waals surface area contributed by atoms with E-state index >= 15 is 0 Å². The summed E-state index contributed by atoms with van der Waals surface area (Å²) in [7, 11) is 0. The molecule has 0 radical (unpaired) electrons. The normalized spacial score (nSPS) is 21.9. The number of likely N-dealkylation sites (tertiary alicyclic amines) is 1. The highest BCUT2D eigenvalue weighted by atomic mass is 16.2. The highest BCUT2D eigenvalue weighted by Crippen LogP contribution is 2.21. The van der Waals surface area contributed by atoms with Crippen LogP contribution in [0.1, 0.15) is 46.5 Å². The van der Waals surface area contributed by atoms with Crippen molar-refractivity contribution in [2.24, 2.45) is 17.6 Å². The van der Waals surface area contributed by atoms with Gasteiger partial charge in [0.15, 0.2) is 0 Å². The average Bonchev–Trinajstić information content (AvgIpc) is 2.28. The molecule has 1 aliphatic rings. The van der Waals surface area contributed by atoms with Crippen molar-refractivity contribution in [2.75, 3.05) is 13.1 Å². The lowest BCUT2D eigenvalue weighted by molar-refractivity contribution is -0.133. The number of carbonyl (C=O) groups is 1. The van der Waals surface area contributed by atoms with Gasteiger partial charge in [-0.2, -0.15) is 0 Å². The number of amides is 1. The fraction of sp³-hybridized carbons (Fsp3) is 0.923. The van der Waals surface area contributed by atoms with Crippen LogP contribution in [0.2, 0.25) is 0 Å². The van der Waals surface area contributed by atoms with Crippen LogP contribution in [-0.2, 0) is 4.79 Å². The van der Waals surface area contributed by atoms with Crippen LogP contribution in [0.25, 0.3) is 0 Å². The van der Waals surface area contributed by atoms with Gasteiger partial charge in [-0.1, -0.05) is 20.3 Å². The van der Waals surface area contributed by atoms with Gasteiger partial charge < -0.3 is 10.6 Å². The van der Waals surface area contributed by atoms with Gasteiger partial charge in [0.2, 0.25) is 5.91 Å². The van der Waals surface area contributed by atoms with E-state index in [1.165, 1.54) is 0 Å². The maximum atomic E-state index is 11.9. The third-order valence-corrected chi connectivity index (χ3v) is 3.86. The van der Waals surface area contributed by atoms with Gasteiger partial charge >= 0.3 is 0 Å². The highest BCUT2D eigenvalue weighted by Gasteiger charge is 2.25. The average molecular weight is 226 g/mol. The zero-order chi connectivity index (χ0) is 12.1. The number of hydrogen-bond donors (Lipinski definition) is 1. The molecule has 0 aromatic carbocycles. The van der Waals surface area contributed by atoms with E-state index in [1.807, 2.05) is 4.90 Å². The molecule has 0 aromatic rings. The summed E-state index contributed by atoms with van der Waals surface area (Å²) < 4.78 is 0. The third-order valence-electron chi connectivity index (χ3n) is 3.86. The van der Waals surface area contributed by atoms with Gasteiger partial charge in [-0.15, -0.1) is 0 Å². The number of hydrogen-bond acceptors (Lipinski definition) is 2. The van der Waals surface area contributed by atoms with E-state index in [0.29, 0.717) is 24.2 Å². The first-order valence-electron chi connectivity index (χ1n) is 6.58. The second-order valence-electron chi connectivity index (χ2n) is 5.29. The van der Waals surface area contributed by atoms with Crippen molar-refractivity contribution in [3.8, 4) is 0 Å². The maximum Gasteiger partial charge on any atom is 0.222 e. The van der Waals surface area contributed by atoms with E-state index in [-0.39, 0.29) is 6.04 Å². The summed E-state index contributed by atoms with van der Waals surface area (Å²) in [6.45, 7) is 8.16. The first kappa shape index (κ1) is 13.5. The Morgan fingerprint density at radius 2 is 1.94 bits per heavy atom. The van der Waals surface area contributed by atoms with Gasteiger partial charge in [0.25, 0.3) is 0 Å². The van der Waals surface area contributed by atoms with E-state index in [2.05, 4.69) is 20.8 Å². The summed E-state index contributed by atoms with van der Waals surface area (Å²) >= 11 is 0. The monoisotopic (exact) mass is 226 g/mol. The summed E-state index contributed by atoms with van der Waals surface area (Å²) in [6, 6.07) is 0.270. The molecule has 94 valence electrons. The van der Waals surface area contributed by atoms with Gasteiger partial charge in [-0.3, -0.25) is 4.79 Å². The van der Waals surface area contributed by atoms with Crippen molar-refractivity contribution in [3.05, 3.63) is 0 Å². The van der Waals surface area contributed by atoms with E-state index in [0.717, 1.165) is 32.4 Å². The maximum absolute atomic E-state index is 11.9. The Kier molecular flexibility index (Phi) is 5.26. The molecule has 1 aliphatic heterocycles. The van der Waals surface area contributed by atoms with Gasteiger partial charge in [-0.05, 0) is 31.6 Å². The minimum absolute atomic E-state index is 0.270. The predicted octanol–water partition coefficient (Wildman–Crippen LogP) is 2.01. The zero-order valence-corrected chi connectivity index (χ0v) is 10.9. The van der Waals surface area contributed by atoms with Crippen molar-refractivity contribution in [1.29, 1.82) is 0 Å². The van der Waals surface area contributed by atoms with Crippen LogP contribution in [0.4, 0.5) is 0 Å². The number of nitrogens with zero attached hydrogens (tertiary/aromatic N) is 1. The quantitative estimate of drug-likeness (QED) is 0.797. The SMILES string of the molecule is CCC(C)CC(=O)N1CCC(C(C)N)CC1. The molecule has 2 N–H and O–H groups in total. The minimum atomic E-state index is 0.270. The van der Waals surface area contributed by atoms with Crippen molar-refractivity contribution >= 4 is 5.91 Å². The predicted molar refractivity (Wildman–Crippen MR) is 67.0 cm³/mol. The largest absolute Gasteiger partial charge is 0.343 e. The Hall–Kier alpha value is -0.570. The van der Waals surface area contributed by atoms with E-state index in [9.17, 15) is 4.79 Å². The minimum Gasteiger partial charge on any atom is -0.343 e. The summed E-state index contributed by atoms with van der Waals surface area (Å²) in [5, 5.41) is 0. The van der Waals surface area contributed by atoms with Crippen molar-refractivity contribution in [3.63, 3.8) is 0 Å². The fourth-order valence-electron chi connectivity index (χ4n) is 2.25. The number of nitrogens with two attached hydrogens (primary N) is 1. The first-order chi connectivity index (χ1) is 7.54. The summed E-state index contributed by atoms with van der Waals surface area (Å²) in [5.74, 6) is 1.45. The van der Waals surface area contributed by atoms with Gasteiger partial charge in [-0.25, -0.2) is 0 Å². The molecule has 1 rings (SSSR count). The van der Waals surface area contributed by atoms with Crippen LogP contribution in [0.3, 0.4) is 0 Å². The van der Waals surface area contributed by atoms with Crippen molar-refractivity contribution in [1.82, 2.24) is 4.90 Å². The molecule has 0 spiro atoms. The number of carbonyl (C=O) groups excluding carboxylic acids is 1. The van der Waals surface area contributed by atoms with Crippen LogP contribution in [0.15, 0.2) is 0 Å². The summed E-state index contributed by atoms with van der Waals surface area (Å²) in [5.41, 5.74) is 5.89. The Balaban J connectivity index is 2.33. The molecule has 2 unspecified atom stereocenters. The Morgan fingerprint density at radius 3 is 2.38 bits per heavy atom. The van der Waals surface area contributed by atoms with Crippen LogP contribution >= 0.6 is 0 Å². The Morgan fingerprint density at radius 1 is 1.38 bits per heavy atom. The van der Waals surface area contributed by atoms with E-state index < -0.39 is 0 Å². The highest BCUT2D eigenvalue weighted by molar-refractivity contribution is 5.76. The molecule has 3 nitrogen and oxygen atoms in total. The first-order valence-corrected chi connectivity index (χ1v) is 6.58. The molecular weight excluding hydrogens is 200 g/mol. The lowest BCUT2D eigenvalue weighted by atomic mass is 9.90. The van der Waals surface area contributed by atoms with Gasteiger partial charge in [0.05, 0.1) is 0 Å². The smallest absolute Gasteiger partial charge is 0.222 e. The van der Waals surface area contributed by atoms with E-state index in [1.54, 1.807) is 0 Å². The Bertz CT molecular complexity index is 220. The third kappa shape index (κ3) is 3.78. The molecular formula is C13H26N2O. The van der Waals surface area contributed by atoms with Crippen molar-refractivity contribution < 1.29 is 4.79 Å². The molecule has 1 saturated heterocycles. The lowest BCUT2D eigenvalue weighted by Crippen LogP contribution is -2.42. The number of rotatable bonds is 4. The van der Waals surface area contributed by atoms with Crippen LogP contribution in [0.5, 0.6) is 0 Å². The molecule has 1 amide bonds. The van der Waals surface area contributed by atoms with Crippen LogP contribution in [-0.4, -0.2) is 29.9 Å². The molecule has 0 aliphatic carbocycles. The van der Waals surface area contributed by atoms with Crippen molar-refractivity contribution in [2.45, 2.75) is 52.5 Å². The second kappa shape index (κ2) is 6.24. The van der Waals surface area contributed by atoms with Crippen LogP contribution < -0.4 is 5.73 Å². The second-order valence-corrected chi connectivity index (χ2v) is 5.29. The molecule has 3 heteroatoms. The fourth-order valence-corrected chi connectivity index (χ4v) is 2.25. The molecule has 1 heterocycles. The standard InChI is InChI=1S/C13H26N2O/c1-4-10(2)9-13(16)15-7-5-12(6-8-15)11(3)14/h10-12H,4-9,14H2,1-3H3. The molecule has 1 fully saturated rings. The molecule has 0 bridgehead atoms. The van der Waals surface area contributed by atoms with E-state index in [4.69, 9.17) is 5.73 Å². The lowest BCUT2D eigenvalue weighted by Gasteiger charge is -2.34. The molecule has 0 aromatic heterocycles. The van der Waals surface area contributed by atoms with Gasteiger partial charge in [0.1, 0.15) is 0 Å². The van der Waals surface area contributed by atoms with Gasteiger partial charge in [0, 0.05) is 25.6 Å². The summed E-state index contributed by atoms with van der Waals surface area (Å²) in [6.07, 6.45) is 3.94. The zero-order valence-electron chi connectivity index (χ0n) is 10.9. The molecule has 0 saturated carbocycles. The van der Waals surface area contributed by atoms with Crippen LogP contribution in [0, 0.1) is 11.8 Å². The molecule has 16 heavy (non-hydrogen) atoms. The molecule has 2 atom stereocenters.